The summed E-state index contributed by atoms with van der Waals surface area (Å²) < 4.78 is 0. The van der Waals surface area contributed by atoms with Crippen LogP contribution in [-0.2, 0) is 0 Å². The van der Waals surface area contributed by atoms with Gasteiger partial charge in [0.15, 0.2) is 0 Å². The molecule has 124 valence electrons. The Bertz CT molecular complexity index is 770. The Balaban J connectivity index is 1.67. The number of pyridine rings is 1. The number of carbonyl (C=O) groups is 1. The van der Waals surface area contributed by atoms with Crippen LogP contribution in [0.15, 0.2) is 41.6 Å². The zero-order chi connectivity index (χ0) is 16.9. The minimum absolute atomic E-state index is 0.000516. The average molecular weight is 326 g/mol. The Morgan fingerprint density at radius 2 is 2.00 bits per heavy atom. The lowest BCUT2D eigenvalue weighted by molar-refractivity contribution is 0.0950. The predicted octanol–water partition coefficient (Wildman–Crippen LogP) is 1.86. The van der Waals surface area contributed by atoms with Crippen molar-refractivity contribution in [3.63, 3.8) is 0 Å². The number of benzene rings is 1. The van der Waals surface area contributed by atoms with Crippen molar-refractivity contribution in [2.75, 3.05) is 18.0 Å². The number of amides is 1. The summed E-state index contributed by atoms with van der Waals surface area (Å²) in [7, 11) is 0. The Hall–Kier alpha value is -3.09. The monoisotopic (exact) mass is 326 g/mol. The summed E-state index contributed by atoms with van der Waals surface area (Å²) in [6.07, 6.45) is 5.17. The largest absolute Gasteiger partial charge is 0.508 e. The van der Waals surface area contributed by atoms with E-state index >= 15 is 0 Å². The third-order valence-corrected chi connectivity index (χ3v) is 3.83. The van der Waals surface area contributed by atoms with E-state index in [-0.39, 0.29) is 17.2 Å². The highest BCUT2D eigenvalue weighted by Gasteiger charge is 2.14. The number of aromatic hydroxyl groups is 2. The van der Waals surface area contributed by atoms with Gasteiger partial charge in [-0.25, -0.2) is 5.43 Å². The van der Waals surface area contributed by atoms with Crippen LogP contribution in [-0.4, -0.2) is 40.4 Å². The van der Waals surface area contributed by atoms with Crippen molar-refractivity contribution in [1.29, 1.82) is 0 Å². The van der Waals surface area contributed by atoms with Crippen LogP contribution in [0.4, 0.5) is 5.69 Å². The highest BCUT2D eigenvalue weighted by molar-refractivity contribution is 5.94. The first kappa shape index (κ1) is 15.8. The molecule has 0 bridgehead atoms. The van der Waals surface area contributed by atoms with Crippen LogP contribution in [0.2, 0.25) is 0 Å². The molecule has 24 heavy (non-hydrogen) atoms. The lowest BCUT2D eigenvalue weighted by atomic mass is 10.2. The van der Waals surface area contributed by atoms with Gasteiger partial charge in [-0.3, -0.25) is 9.78 Å². The quantitative estimate of drug-likeness (QED) is 0.452. The number of nitrogens with zero attached hydrogens (tertiary/aromatic N) is 3. The lowest BCUT2D eigenvalue weighted by Gasteiger charge is -2.17. The van der Waals surface area contributed by atoms with Gasteiger partial charge in [-0.2, -0.15) is 5.10 Å². The number of anilines is 1. The molecule has 2 heterocycles. The van der Waals surface area contributed by atoms with E-state index in [0.29, 0.717) is 5.56 Å². The molecule has 7 heteroatoms. The second-order valence-electron chi connectivity index (χ2n) is 5.54. The first-order valence-electron chi connectivity index (χ1n) is 7.70. The smallest absolute Gasteiger partial charge is 0.290 e. The van der Waals surface area contributed by atoms with Crippen LogP contribution >= 0.6 is 0 Å². The third-order valence-electron chi connectivity index (χ3n) is 3.83. The molecule has 1 amide bonds. The highest BCUT2D eigenvalue weighted by Crippen LogP contribution is 2.21. The number of phenols is 2. The van der Waals surface area contributed by atoms with E-state index in [1.807, 2.05) is 6.07 Å². The van der Waals surface area contributed by atoms with Gasteiger partial charge in [0.1, 0.15) is 17.2 Å². The number of hydrogen-bond donors (Lipinski definition) is 3. The van der Waals surface area contributed by atoms with Crippen LogP contribution in [0.25, 0.3) is 0 Å². The van der Waals surface area contributed by atoms with Crippen molar-refractivity contribution in [2.24, 2.45) is 5.10 Å². The summed E-state index contributed by atoms with van der Waals surface area (Å²) in [4.78, 5) is 18.4. The molecule has 1 aromatic heterocycles. The number of hydrazone groups is 1. The zero-order valence-corrected chi connectivity index (χ0v) is 13.0. The fourth-order valence-electron chi connectivity index (χ4n) is 2.58. The minimum atomic E-state index is -0.438. The van der Waals surface area contributed by atoms with E-state index in [4.69, 9.17) is 0 Å². The molecule has 0 atom stereocenters. The van der Waals surface area contributed by atoms with Crippen molar-refractivity contribution in [1.82, 2.24) is 10.4 Å². The number of aromatic nitrogens is 1. The molecule has 1 aliphatic rings. The Labute approximate surface area is 139 Å². The summed E-state index contributed by atoms with van der Waals surface area (Å²) in [5, 5.41) is 22.8. The second-order valence-corrected chi connectivity index (χ2v) is 5.54. The first-order valence-corrected chi connectivity index (χ1v) is 7.70. The molecule has 1 fully saturated rings. The van der Waals surface area contributed by atoms with Gasteiger partial charge in [0, 0.05) is 30.5 Å². The van der Waals surface area contributed by atoms with E-state index in [2.05, 4.69) is 20.4 Å². The molecule has 2 aromatic rings. The molecule has 1 aliphatic heterocycles. The molecule has 0 radical (unpaired) electrons. The second kappa shape index (κ2) is 6.99. The fourth-order valence-corrected chi connectivity index (χ4v) is 2.58. The molecule has 7 nitrogen and oxygen atoms in total. The molecule has 1 saturated heterocycles. The molecule has 0 unspecified atom stereocenters. The molecule has 1 aromatic carbocycles. The SMILES string of the molecule is O=C(N/N=C/c1cc(O)ccc1O)c1cc(N2CCCC2)ccn1. The zero-order valence-electron chi connectivity index (χ0n) is 13.0. The summed E-state index contributed by atoms with van der Waals surface area (Å²) >= 11 is 0. The maximum absolute atomic E-state index is 12.1. The third kappa shape index (κ3) is 3.62. The fraction of sp³-hybridized carbons (Fsp3) is 0.235. The summed E-state index contributed by atoms with van der Waals surface area (Å²) in [5.41, 5.74) is 3.92. The van der Waals surface area contributed by atoms with E-state index in [1.54, 1.807) is 12.3 Å². The maximum atomic E-state index is 12.1. The van der Waals surface area contributed by atoms with E-state index < -0.39 is 5.91 Å². The number of rotatable bonds is 4. The van der Waals surface area contributed by atoms with Gasteiger partial charge in [-0.05, 0) is 43.2 Å². The minimum Gasteiger partial charge on any atom is -0.508 e. The molecule has 0 spiro atoms. The molecule has 3 rings (SSSR count). The van der Waals surface area contributed by atoms with Crippen molar-refractivity contribution < 1.29 is 15.0 Å². The summed E-state index contributed by atoms with van der Waals surface area (Å²) in [5.74, 6) is -0.479. The summed E-state index contributed by atoms with van der Waals surface area (Å²) in [6.45, 7) is 1.97. The van der Waals surface area contributed by atoms with Crippen LogP contribution in [0.1, 0.15) is 28.9 Å². The number of hydrogen-bond acceptors (Lipinski definition) is 6. The Morgan fingerprint density at radius 3 is 2.79 bits per heavy atom. The van der Waals surface area contributed by atoms with Gasteiger partial charge in [0.05, 0.1) is 6.21 Å². The van der Waals surface area contributed by atoms with Crippen molar-refractivity contribution in [3.05, 3.63) is 47.8 Å². The number of nitrogens with one attached hydrogen (secondary N) is 1. The van der Waals surface area contributed by atoms with Gasteiger partial charge in [0.25, 0.3) is 5.91 Å². The molecular weight excluding hydrogens is 308 g/mol. The number of carbonyl (C=O) groups excluding carboxylic acids is 1. The van der Waals surface area contributed by atoms with E-state index in [0.717, 1.165) is 31.6 Å². The molecular formula is C17H18N4O3. The van der Waals surface area contributed by atoms with Crippen LogP contribution in [0.3, 0.4) is 0 Å². The molecule has 3 N–H and O–H groups in total. The predicted molar refractivity (Wildman–Crippen MR) is 90.5 cm³/mol. The average Bonchev–Trinajstić information content (AvgIpc) is 3.12. The van der Waals surface area contributed by atoms with Gasteiger partial charge in [-0.1, -0.05) is 0 Å². The van der Waals surface area contributed by atoms with Gasteiger partial charge in [0.2, 0.25) is 0 Å². The van der Waals surface area contributed by atoms with Crippen LogP contribution in [0, 0.1) is 0 Å². The van der Waals surface area contributed by atoms with Crippen molar-refractivity contribution >= 4 is 17.8 Å². The first-order chi connectivity index (χ1) is 11.6. The Kier molecular flexibility index (Phi) is 4.60. The topological polar surface area (TPSA) is 98.0 Å². The van der Waals surface area contributed by atoms with E-state index in [9.17, 15) is 15.0 Å². The molecule has 0 saturated carbocycles. The standard InChI is InChI=1S/C17H18N4O3/c22-14-3-4-16(23)12(9-14)11-19-20-17(24)15-10-13(5-6-18-15)21-7-1-2-8-21/h3-6,9-11,22-23H,1-2,7-8H2,(H,20,24)/b19-11+. The van der Waals surface area contributed by atoms with Crippen LogP contribution in [0.5, 0.6) is 11.5 Å². The normalized spacial score (nSPS) is 14.2. The molecule has 0 aliphatic carbocycles. The highest BCUT2D eigenvalue weighted by atomic mass is 16.3. The lowest BCUT2D eigenvalue weighted by Crippen LogP contribution is -2.21. The Morgan fingerprint density at radius 1 is 1.21 bits per heavy atom. The van der Waals surface area contributed by atoms with Gasteiger partial charge >= 0.3 is 0 Å². The van der Waals surface area contributed by atoms with Crippen LogP contribution < -0.4 is 10.3 Å². The van der Waals surface area contributed by atoms with Gasteiger partial charge in [-0.15, -0.1) is 0 Å². The van der Waals surface area contributed by atoms with Gasteiger partial charge < -0.3 is 15.1 Å². The van der Waals surface area contributed by atoms with E-state index in [1.165, 1.54) is 24.4 Å². The summed E-state index contributed by atoms with van der Waals surface area (Å²) in [6, 6.07) is 7.67. The maximum Gasteiger partial charge on any atom is 0.290 e. The number of phenolic OH excluding ortho intramolecular Hbond substituents is 2. The van der Waals surface area contributed by atoms with Crippen molar-refractivity contribution in [2.45, 2.75) is 12.8 Å². The van der Waals surface area contributed by atoms with Crippen molar-refractivity contribution in [3.8, 4) is 11.5 Å².